The van der Waals surface area contributed by atoms with Gasteiger partial charge in [-0.2, -0.15) is 5.48 Å². The molecule has 1 aromatic carbocycles. The van der Waals surface area contributed by atoms with Gasteiger partial charge in [0, 0.05) is 24.7 Å². The number of rotatable bonds is 7. The van der Waals surface area contributed by atoms with Gasteiger partial charge < -0.3 is 15.2 Å². The van der Waals surface area contributed by atoms with E-state index < -0.39 is 26.9 Å². The summed E-state index contributed by atoms with van der Waals surface area (Å²) in [6.07, 6.45) is -0.570. The molecule has 3 unspecified atom stereocenters. The number of nitrogens with one attached hydrogen (secondary N) is 1. The molecule has 140 valence electrons. The Bertz CT molecular complexity index is 768. The lowest BCUT2D eigenvalue weighted by atomic mass is 9.95. The number of sulfone groups is 1. The summed E-state index contributed by atoms with van der Waals surface area (Å²) in [4.78, 5) is 5.28. The second-order valence-corrected chi connectivity index (χ2v) is 8.93. The van der Waals surface area contributed by atoms with Crippen LogP contribution in [0.15, 0.2) is 23.4 Å². The standard InChI is InChI=1S/C16H23FN2O5S/c1-4-10-5-6-11(7-13(10)17)14-8-12(24-19-14)9-16(2,15(20)18-21)25(3,22)23/h5-7,12,15,18,20-21H,4,8-9H2,1-3H3. The summed E-state index contributed by atoms with van der Waals surface area (Å²) in [5.41, 5.74) is 3.26. The van der Waals surface area contributed by atoms with E-state index in [1.54, 1.807) is 17.6 Å². The highest BCUT2D eigenvalue weighted by molar-refractivity contribution is 7.92. The molecule has 25 heavy (non-hydrogen) atoms. The molecule has 0 spiro atoms. The number of hydrogen-bond acceptors (Lipinski definition) is 7. The first kappa shape index (κ1) is 19.8. The Morgan fingerprint density at radius 3 is 2.72 bits per heavy atom. The molecule has 0 amide bonds. The molecule has 0 bridgehead atoms. The molecular weight excluding hydrogens is 351 g/mol. The summed E-state index contributed by atoms with van der Waals surface area (Å²) in [7, 11) is -3.72. The van der Waals surface area contributed by atoms with Gasteiger partial charge in [-0.1, -0.05) is 24.2 Å². The van der Waals surface area contributed by atoms with Crippen molar-refractivity contribution in [3.8, 4) is 0 Å². The van der Waals surface area contributed by atoms with Crippen LogP contribution in [0.25, 0.3) is 0 Å². The third kappa shape index (κ3) is 4.00. The zero-order chi connectivity index (χ0) is 18.8. The quantitative estimate of drug-likeness (QED) is 0.491. The third-order valence-electron chi connectivity index (χ3n) is 4.68. The molecule has 3 atom stereocenters. The van der Waals surface area contributed by atoms with Crippen molar-refractivity contribution in [2.75, 3.05) is 6.26 Å². The third-order valence-corrected chi connectivity index (χ3v) is 6.76. The monoisotopic (exact) mass is 374 g/mol. The molecule has 0 saturated carbocycles. The smallest absolute Gasteiger partial charge is 0.156 e. The lowest BCUT2D eigenvalue weighted by Crippen LogP contribution is -2.54. The highest BCUT2D eigenvalue weighted by Crippen LogP contribution is 2.31. The van der Waals surface area contributed by atoms with E-state index in [1.807, 2.05) is 6.92 Å². The van der Waals surface area contributed by atoms with Crippen LogP contribution >= 0.6 is 0 Å². The maximum Gasteiger partial charge on any atom is 0.156 e. The molecule has 2 rings (SSSR count). The molecule has 1 heterocycles. The summed E-state index contributed by atoms with van der Waals surface area (Å²) in [6, 6.07) is 4.80. The van der Waals surface area contributed by atoms with Crippen LogP contribution in [0.5, 0.6) is 0 Å². The minimum atomic E-state index is -3.72. The molecule has 0 aliphatic carbocycles. The number of hydrogen-bond donors (Lipinski definition) is 3. The van der Waals surface area contributed by atoms with Crippen molar-refractivity contribution in [2.45, 2.75) is 50.2 Å². The Balaban J connectivity index is 2.15. The van der Waals surface area contributed by atoms with Crippen LogP contribution in [0.4, 0.5) is 4.39 Å². The van der Waals surface area contributed by atoms with Gasteiger partial charge in [0.1, 0.15) is 22.9 Å². The van der Waals surface area contributed by atoms with E-state index in [2.05, 4.69) is 5.16 Å². The second-order valence-electron chi connectivity index (χ2n) is 6.45. The zero-order valence-corrected chi connectivity index (χ0v) is 15.2. The highest BCUT2D eigenvalue weighted by Gasteiger charge is 2.46. The number of aryl methyl sites for hydroxylation is 1. The first-order valence-corrected chi connectivity index (χ1v) is 9.80. The normalized spacial score (nSPS) is 21.4. The molecule has 9 heteroatoms. The summed E-state index contributed by atoms with van der Waals surface area (Å²) >= 11 is 0. The van der Waals surface area contributed by atoms with Gasteiger partial charge in [-0.3, -0.25) is 0 Å². The van der Waals surface area contributed by atoms with Crippen molar-refractivity contribution < 1.29 is 28.0 Å². The van der Waals surface area contributed by atoms with Crippen LogP contribution in [-0.4, -0.2) is 47.8 Å². The Morgan fingerprint density at radius 2 is 2.20 bits per heavy atom. The van der Waals surface area contributed by atoms with Crippen LogP contribution in [0, 0.1) is 5.82 Å². The summed E-state index contributed by atoms with van der Waals surface area (Å²) in [5.74, 6) is -0.327. The minimum absolute atomic E-state index is 0.0942. The number of aliphatic hydroxyl groups excluding tert-OH is 1. The predicted octanol–water partition coefficient (Wildman–Crippen LogP) is 1.37. The van der Waals surface area contributed by atoms with Gasteiger partial charge in [0.15, 0.2) is 9.84 Å². The molecule has 0 aromatic heterocycles. The maximum atomic E-state index is 13.9. The van der Waals surface area contributed by atoms with Gasteiger partial charge in [-0.05, 0) is 25.0 Å². The van der Waals surface area contributed by atoms with Crippen molar-refractivity contribution in [1.82, 2.24) is 5.48 Å². The largest absolute Gasteiger partial charge is 0.392 e. The van der Waals surface area contributed by atoms with E-state index in [9.17, 15) is 17.9 Å². The lowest BCUT2D eigenvalue weighted by molar-refractivity contribution is -0.0355. The summed E-state index contributed by atoms with van der Waals surface area (Å²) in [6.45, 7) is 3.17. The average molecular weight is 374 g/mol. The zero-order valence-electron chi connectivity index (χ0n) is 14.4. The van der Waals surface area contributed by atoms with E-state index in [0.717, 1.165) is 6.26 Å². The number of aliphatic hydroxyl groups is 1. The summed E-state index contributed by atoms with van der Waals surface area (Å²) in [5, 5.41) is 22.7. The van der Waals surface area contributed by atoms with Crippen molar-refractivity contribution in [3.05, 3.63) is 35.1 Å². The average Bonchev–Trinajstić information content (AvgIpc) is 3.01. The fraction of sp³-hybridized carbons (Fsp3) is 0.562. The number of halogens is 1. The van der Waals surface area contributed by atoms with Crippen LogP contribution in [-0.2, 0) is 21.1 Å². The first-order chi connectivity index (χ1) is 11.6. The van der Waals surface area contributed by atoms with Gasteiger partial charge in [-0.15, -0.1) is 0 Å². The first-order valence-electron chi connectivity index (χ1n) is 7.91. The molecular formula is C16H23FN2O5S. The van der Waals surface area contributed by atoms with Crippen molar-refractivity contribution in [1.29, 1.82) is 0 Å². The Morgan fingerprint density at radius 1 is 1.52 bits per heavy atom. The Kier molecular flexibility index (Phi) is 5.82. The lowest BCUT2D eigenvalue weighted by Gasteiger charge is -2.32. The van der Waals surface area contributed by atoms with Crippen LogP contribution in [0.1, 0.15) is 37.8 Å². The van der Waals surface area contributed by atoms with Crippen LogP contribution in [0.3, 0.4) is 0 Å². The number of benzene rings is 1. The topological polar surface area (TPSA) is 108 Å². The van der Waals surface area contributed by atoms with Gasteiger partial charge in [-0.25, -0.2) is 12.8 Å². The minimum Gasteiger partial charge on any atom is -0.392 e. The number of nitrogens with zero attached hydrogens (tertiary/aromatic N) is 1. The maximum absolute atomic E-state index is 13.9. The van der Waals surface area contributed by atoms with Crippen molar-refractivity contribution >= 4 is 15.5 Å². The van der Waals surface area contributed by atoms with Gasteiger partial charge in [0.2, 0.25) is 0 Å². The fourth-order valence-corrected chi connectivity index (χ4v) is 3.72. The van der Waals surface area contributed by atoms with E-state index >= 15 is 0 Å². The van der Waals surface area contributed by atoms with E-state index in [1.165, 1.54) is 13.0 Å². The SMILES string of the molecule is CCc1ccc(C2=NOC(CC(C)(C(O)NO)S(C)(=O)=O)C2)cc1F. The second kappa shape index (κ2) is 7.36. The fourth-order valence-electron chi connectivity index (χ4n) is 2.78. The molecule has 0 fully saturated rings. The molecule has 7 nitrogen and oxygen atoms in total. The molecule has 0 saturated heterocycles. The molecule has 1 aliphatic heterocycles. The van der Waals surface area contributed by atoms with Gasteiger partial charge in [0.05, 0.1) is 5.71 Å². The number of oxime groups is 1. The van der Waals surface area contributed by atoms with Gasteiger partial charge >= 0.3 is 0 Å². The van der Waals surface area contributed by atoms with Crippen LogP contribution < -0.4 is 5.48 Å². The summed E-state index contributed by atoms with van der Waals surface area (Å²) < 4.78 is 36.4. The molecule has 1 aromatic rings. The van der Waals surface area contributed by atoms with E-state index in [4.69, 9.17) is 10.0 Å². The highest BCUT2D eigenvalue weighted by atomic mass is 32.2. The molecule has 1 aliphatic rings. The van der Waals surface area contributed by atoms with Crippen molar-refractivity contribution in [2.24, 2.45) is 5.16 Å². The Hall–Kier alpha value is -1.55. The predicted molar refractivity (Wildman–Crippen MR) is 90.6 cm³/mol. The van der Waals surface area contributed by atoms with E-state index in [-0.39, 0.29) is 18.7 Å². The number of hydroxylamine groups is 1. The Labute approximate surface area is 146 Å². The molecule has 3 N–H and O–H groups in total. The van der Waals surface area contributed by atoms with Crippen LogP contribution in [0.2, 0.25) is 0 Å². The van der Waals surface area contributed by atoms with Gasteiger partial charge in [0.25, 0.3) is 0 Å². The van der Waals surface area contributed by atoms with Crippen molar-refractivity contribution in [3.63, 3.8) is 0 Å². The molecule has 0 radical (unpaired) electrons. The van der Waals surface area contributed by atoms with E-state index in [0.29, 0.717) is 23.3 Å².